The maximum atomic E-state index is 4.09. The first-order valence-corrected chi connectivity index (χ1v) is 3.26. The smallest absolute Gasteiger partial charge is 0.0647 e. The molecule has 0 N–H and O–H groups in total. The average Bonchev–Trinajstić information content (AvgIpc) is 1.90. The van der Waals surface area contributed by atoms with Crippen molar-refractivity contribution in [2.24, 2.45) is 0 Å². The van der Waals surface area contributed by atoms with Crippen molar-refractivity contribution in [2.45, 2.75) is 6.42 Å². The van der Waals surface area contributed by atoms with E-state index < -0.39 is 0 Å². The Morgan fingerprint density at radius 1 is 1.38 bits per heavy atom. The first-order valence-electron chi connectivity index (χ1n) is 2.63. The summed E-state index contributed by atoms with van der Waals surface area (Å²) in [7, 11) is 0. The van der Waals surface area contributed by atoms with E-state index in [0.717, 1.165) is 12.3 Å². The van der Waals surface area contributed by atoms with Crippen molar-refractivity contribution in [2.75, 3.05) is 5.88 Å². The second-order valence-corrected chi connectivity index (χ2v) is 1.94. The third-order valence-electron chi connectivity index (χ3n) is 1.03. The van der Waals surface area contributed by atoms with Crippen molar-refractivity contribution in [3.8, 4) is 0 Å². The van der Waals surface area contributed by atoms with E-state index in [1.54, 1.807) is 0 Å². The lowest BCUT2D eigenvalue weighted by molar-refractivity contribution is 0.592. The molecule has 0 atom stereocenters. The molecule has 1 heterocycles. The van der Waals surface area contributed by atoms with Crippen LogP contribution in [0.25, 0.3) is 0 Å². The molecule has 1 aliphatic heterocycles. The molecule has 0 saturated carbocycles. The van der Waals surface area contributed by atoms with Crippen LogP contribution < -0.4 is 0 Å². The van der Waals surface area contributed by atoms with Crippen LogP contribution in [0.4, 0.5) is 0 Å². The van der Waals surface area contributed by atoms with E-state index in [-0.39, 0.29) is 0 Å². The lowest BCUT2D eigenvalue weighted by atomic mass is 10.3. The summed E-state index contributed by atoms with van der Waals surface area (Å²) < 4.78 is 0. The highest BCUT2D eigenvalue weighted by molar-refractivity contribution is 7.80. The number of hydrogen-bond donors (Lipinski definition) is 1. The van der Waals surface area contributed by atoms with Crippen molar-refractivity contribution < 1.29 is 0 Å². The summed E-state index contributed by atoms with van der Waals surface area (Å²) in [4.78, 5) is 2.02. The van der Waals surface area contributed by atoms with Crippen molar-refractivity contribution in [3.63, 3.8) is 0 Å². The highest BCUT2D eigenvalue weighted by atomic mass is 32.1. The summed E-state index contributed by atoms with van der Waals surface area (Å²) in [5.41, 5.74) is 0. The molecule has 0 aliphatic carbocycles. The molecule has 0 saturated heterocycles. The Hall–Kier alpha value is -0.370. The van der Waals surface area contributed by atoms with Crippen LogP contribution in [0.3, 0.4) is 0 Å². The predicted molar refractivity (Wildman–Crippen MR) is 38.6 cm³/mol. The molecule has 1 nitrogen and oxygen atoms in total. The topological polar surface area (TPSA) is 3.24 Å². The zero-order valence-electron chi connectivity index (χ0n) is 4.62. The lowest BCUT2D eigenvalue weighted by Crippen LogP contribution is -2.07. The van der Waals surface area contributed by atoms with E-state index >= 15 is 0 Å². The SMILES string of the molecule is SCN1C=CCC=C1. The van der Waals surface area contributed by atoms with Gasteiger partial charge in [0.1, 0.15) is 0 Å². The molecule has 0 unspecified atom stereocenters. The summed E-state index contributed by atoms with van der Waals surface area (Å²) in [5.74, 6) is 0.771. The summed E-state index contributed by atoms with van der Waals surface area (Å²) in [6.45, 7) is 0. The Labute approximate surface area is 55.1 Å². The van der Waals surface area contributed by atoms with E-state index in [4.69, 9.17) is 0 Å². The summed E-state index contributed by atoms with van der Waals surface area (Å²) >= 11 is 4.09. The number of hydrogen-bond acceptors (Lipinski definition) is 2. The molecule has 0 amide bonds. The molecule has 44 valence electrons. The van der Waals surface area contributed by atoms with Crippen molar-refractivity contribution in [3.05, 3.63) is 24.6 Å². The van der Waals surface area contributed by atoms with E-state index in [1.807, 2.05) is 17.3 Å². The minimum Gasteiger partial charge on any atom is -0.346 e. The van der Waals surface area contributed by atoms with Crippen LogP contribution in [-0.2, 0) is 0 Å². The second kappa shape index (κ2) is 2.82. The Bertz CT molecular complexity index is 106. The van der Waals surface area contributed by atoms with E-state index in [1.165, 1.54) is 0 Å². The highest BCUT2D eigenvalue weighted by Gasteiger charge is 1.90. The van der Waals surface area contributed by atoms with E-state index in [9.17, 15) is 0 Å². The van der Waals surface area contributed by atoms with Crippen LogP contribution in [0.5, 0.6) is 0 Å². The Balaban J connectivity index is 2.42. The van der Waals surface area contributed by atoms with Gasteiger partial charge in [0.15, 0.2) is 0 Å². The third kappa shape index (κ3) is 1.30. The minimum absolute atomic E-state index is 0.771. The molecule has 0 aromatic carbocycles. The second-order valence-electron chi connectivity index (χ2n) is 1.66. The van der Waals surface area contributed by atoms with Gasteiger partial charge in [0.2, 0.25) is 0 Å². The molecule has 1 rings (SSSR count). The average molecular weight is 127 g/mol. The number of rotatable bonds is 1. The molecule has 0 radical (unpaired) electrons. The maximum Gasteiger partial charge on any atom is 0.0647 e. The molecule has 1 aliphatic rings. The molecular weight excluding hydrogens is 118 g/mol. The summed E-state index contributed by atoms with van der Waals surface area (Å²) in [6.07, 6.45) is 9.34. The fourth-order valence-corrected chi connectivity index (χ4v) is 0.804. The molecule has 8 heavy (non-hydrogen) atoms. The molecule has 2 heteroatoms. The van der Waals surface area contributed by atoms with Crippen LogP contribution in [-0.4, -0.2) is 10.8 Å². The van der Waals surface area contributed by atoms with Gasteiger partial charge in [-0.1, -0.05) is 12.2 Å². The van der Waals surface area contributed by atoms with Gasteiger partial charge in [0.05, 0.1) is 5.88 Å². The number of nitrogens with zero attached hydrogens (tertiary/aromatic N) is 1. The monoisotopic (exact) mass is 127 g/mol. The van der Waals surface area contributed by atoms with Crippen LogP contribution in [0.2, 0.25) is 0 Å². The van der Waals surface area contributed by atoms with Gasteiger partial charge in [-0.15, -0.1) is 0 Å². The van der Waals surface area contributed by atoms with E-state index in [2.05, 4.69) is 24.8 Å². The number of thiol groups is 1. The Morgan fingerprint density at radius 3 is 2.38 bits per heavy atom. The minimum atomic E-state index is 0.771. The third-order valence-corrected chi connectivity index (χ3v) is 1.36. The fraction of sp³-hybridized carbons (Fsp3) is 0.333. The van der Waals surface area contributed by atoms with Crippen molar-refractivity contribution in [1.29, 1.82) is 0 Å². The zero-order chi connectivity index (χ0) is 5.82. The molecule has 0 bridgehead atoms. The fourth-order valence-electron chi connectivity index (χ4n) is 0.615. The lowest BCUT2D eigenvalue weighted by Gasteiger charge is -2.13. The molecular formula is C6H9NS. The predicted octanol–water partition coefficient (Wildman–Crippen LogP) is 1.61. The Kier molecular flexibility index (Phi) is 2.03. The first kappa shape index (κ1) is 5.76. The van der Waals surface area contributed by atoms with Gasteiger partial charge in [0.25, 0.3) is 0 Å². The van der Waals surface area contributed by atoms with Crippen LogP contribution >= 0.6 is 12.6 Å². The molecule has 0 aromatic heterocycles. The highest BCUT2D eigenvalue weighted by Crippen LogP contribution is 2.01. The molecule has 0 spiro atoms. The molecule has 0 fully saturated rings. The first-order chi connectivity index (χ1) is 3.93. The van der Waals surface area contributed by atoms with Crippen molar-refractivity contribution in [1.82, 2.24) is 4.90 Å². The van der Waals surface area contributed by atoms with Crippen LogP contribution in [0.15, 0.2) is 24.6 Å². The summed E-state index contributed by atoms with van der Waals surface area (Å²) in [5, 5.41) is 0. The molecule has 0 aromatic rings. The number of allylic oxidation sites excluding steroid dienone is 2. The normalized spacial score (nSPS) is 17.4. The van der Waals surface area contributed by atoms with Gasteiger partial charge in [-0.25, -0.2) is 0 Å². The van der Waals surface area contributed by atoms with Gasteiger partial charge in [0, 0.05) is 12.4 Å². The maximum absolute atomic E-state index is 4.09. The standard InChI is InChI=1S/C6H9NS/c8-6-7-4-2-1-3-5-7/h2-5,8H,1,6H2. The van der Waals surface area contributed by atoms with Gasteiger partial charge in [-0.2, -0.15) is 12.6 Å². The Morgan fingerprint density at radius 2 is 2.00 bits per heavy atom. The quantitative estimate of drug-likeness (QED) is 0.524. The summed E-state index contributed by atoms with van der Waals surface area (Å²) in [6, 6.07) is 0. The zero-order valence-corrected chi connectivity index (χ0v) is 5.51. The van der Waals surface area contributed by atoms with Crippen LogP contribution in [0, 0.1) is 0 Å². The van der Waals surface area contributed by atoms with Gasteiger partial charge < -0.3 is 4.90 Å². The van der Waals surface area contributed by atoms with Crippen LogP contribution in [0.1, 0.15) is 6.42 Å². The van der Waals surface area contributed by atoms with Crippen molar-refractivity contribution >= 4 is 12.6 Å². The van der Waals surface area contributed by atoms with Gasteiger partial charge >= 0.3 is 0 Å². The van der Waals surface area contributed by atoms with Gasteiger partial charge in [-0.3, -0.25) is 0 Å². The largest absolute Gasteiger partial charge is 0.346 e. The van der Waals surface area contributed by atoms with E-state index in [0.29, 0.717) is 0 Å². The van der Waals surface area contributed by atoms with Gasteiger partial charge in [-0.05, 0) is 6.42 Å².